The molecular weight excluding hydrogens is 641 g/mol. The van der Waals surface area contributed by atoms with Gasteiger partial charge in [-0.15, -0.1) is 0 Å². The Hall–Kier alpha value is -6.38. The van der Waals surface area contributed by atoms with E-state index in [-0.39, 0.29) is 5.41 Å². The molecule has 53 heavy (non-hydrogen) atoms. The van der Waals surface area contributed by atoms with Crippen LogP contribution in [0.3, 0.4) is 0 Å². The predicted molar refractivity (Wildman–Crippen MR) is 224 cm³/mol. The first kappa shape index (κ1) is 31.4. The molecule has 0 saturated heterocycles. The number of hydrogen-bond donors (Lipinski definition) is 0. The standard InChI is InChI=1S/C51H40N2/c1-51(2)47-19-11-9-17-43(47)44-31-30-42(34-48(44)51)52(40-26-21-36(22-27-40)35-13-5-3-6-14-35)41-28-23-37(24-29-41)38-25-32-50-46(33-38)45-18-10-12-20-49(45)53(50)39-15-7-4-8-16-39/h3-13,15-35H,14H2,1-2H3. The number of benzene rings is 7. The second-order valence-corrected chi connectivity index (χ2v) is 14.9. The lowest BCUT2D eigenvalue weighted by atomic mass is 9.82. The fraction of sp³-hybridized carbons (Fsp3) is 0.0980. The van der Waals surface area contributed by atoms with Crippen molar-refractivity contribution in [3.63, 3.8) is 0 Å². The smallest absolute Gasteiger partial charge is 0.0541 e. The van der Waals surface area contributed by atoms with Crippen LogP contribution in [0.1, 0.15) is 42.9 Å². The molecule has 0 spiro atoms. The molecule has 0 saturated carbocycles. The summed E-state index contributed by atoms with van der Waals surface area (Å²) in [6.45, 7) is 4.71. The van der Waals surface area contributed by atoms with Crippen molar-refractivity contribution in [2.24, 2.45) is 0 Å². The van der Waals surface area contributed by atoms with Crippen molar-refractivity contribution >= 4 is 38.9 Å². The van der Waals surface area contributed by atoms with E-state index < -0.39 is 0 Å². The number of anilines is 3. The minimum absolute atomic E-state index is 0.0789. The molecule has 0 bridgehead atoms. The predicted octanol–water partition coefficient (Wildman–Crippen LogP) is 13.8. The molecule has 2 aliphatic carbocycles. The average molecular weight is 681 g/mol. The molecular formula is C51H40N2. The lowest BCUT2D eigenvalue weighted by molar-refractivity contribution is 0.660. The van der Waals surface area contributed by atoms with Gasteiger partial charge in [-0.1, -0.05) is 135 Å². The second kappa shape index (κ2) is 12.4. The highest BCUT2D eigenvalue weighted by atomic mass is 15.1. The van der Waals surface area contributed by atoms with E-state index >= 15 is 0 Å². The second-order valence-electron chi connectivity index (χ2n) is 14.9. The van der Waals surface area contributed by atoms with E-state index in [1.54, 1.807) is 0 Å². The van der Waals surface area contributed by atoms with Gasteiger partial charge in [-0.25, -0.2) is 0 Å². The Morgan fingerprint density at radius 1 is 0.528 bits per heavy atom. The molecule has 0 N–H and O–H groups in total. The summed E-state index contributed by atoms with van der Waals surface area (Å²) in [5, 5.41) is 2.53. The van der Waals surface area contributed by atoms with Crippen molar-refractivity contribution in [3.05, 3.63) is 205 Å². The molecule has 0 aliphatic heterocycles. The van der Waals surface area contributed by atoms with Gasteiger partial charge in [0.2, 0.25) is 0 Å². The molecule has 1 aromatic heterocycles. The van der Waals surface area contributed by atoms with Crippen molar-refractivity contribution in [3.8, 4) is 27.9 Å². The van der Waals surface area contributed by atoms with Crippen LogP contribution in [0.4, 0.5) is 17.1 Å². The van der Waals surface area contributed by atoms with Crippen LogP contribution in [0, 0.1) is 0 Å². The van der Waals surface area contributed by atoms with Gasteiger partial charge in [0.05, 0.1) is 11.0 Å². The van der Waals surface area contributed by atoms with E-state index in [1.165, 1.54) is 72.1 Å². The molecule has 1 unspecified atom stereocenters. The Balaban J connectivity index is 1.06. The maximum Gasteiger partial charge on any atom is 0.0541 e. The van der Waals surface area contributed by atoms with Gasteiger partial charge in [0, 0.05) is 44.9 Å². The van der Waals surface area contributed by atoms with Crippen molar-refractivity contribution in [2.45, 2.75) is 31.6 Å². The topological polar surface area (TPSA) is 8.17 Å². The molecule has 1 heterocycles. The van der Waals surface area contributed by atoms with Crippen LogP contribution in [0.5, 0.6) is 0 Å². The number of fused-ring (bicyclic) bond motifs is 6. The summed E-state index contributed by atoms with van der Waals surface area (Å²) < 4.78 is 2.37. The van der Waals surface area contributed by atoms with Crippen LogP contribution in [0.15, 0.2) is 188 Å². The van der Waals surface area contributed by atoms with Crippen LogP contribution in [0.25, 0.3) is 49.7 Å². The van der Waals surface area contributed by atoms with Gasteiger partial charge in [0.15, 0.2) is 0 Å². The van der Waals surface area contributed by atoms with Gasteiger partial charge in [-0.2, -0.15) is 0 Å². The highest BCUT2D eigenvalue weighted by Gasteiger charge is 2.35. The van der Waals surface area contributed by atoms with Gasteiger partial charge >= 0.3 is 0 Å². The van der Waals surface area contributed by atoms with E-state index in [4.69, 9.17) is 0 Å². The molecule has 254 valence electrons. The number of allylic oxidation sites excluding steroid dienone is 4. The summed E-state index contributed by atoms with van der Waals surface area (Å²) in [7, 11) is 0. The van der Waals surface area contributed by atoms with Crippen LogP contribution < -0.4 is 4.90 Å². The first-order valence-electron chi connectivity index (χ1n) is 18.7. The molecule has 2 nitrogen and oxygen atoms in total. The number of aromatic nitrogens is 1. The summed E-state index contributed by atoms with van der Waals surface area (Å²) in [4.78, 5) is 2.42. The molecule has 2 aliphatic rings. The molecule has 0 fully saturated rings. The lowest BCUT2D eigenvalue weighted by Crippen LogP contribution is -2.16. The third-order valence-corrected chi connectivity index (χ3v) is 11.5. The summed E-state index contributed by atoms with van der Waals surface area (Å²) in [6, 6.07) is 60.5. The molecule has 0 radical (unpaired) electrons. The summed E-state index contributed by atoms with van der Waals surface area (Å²) in [5.41, 5.74) is 16.2. The Morgan fingerprint density at radius 2 is 1.19 bits per heavy atom. The van der Waals surface area contributed by atoms with Crippen molar-refractivity contribution in [2.75, 3.05) is 4.90 Å². The molecule has 2 heteroatoms. The Kier molecular flexibility index (Phi) is 7.33. The third kappa shape index (κ3) is 5.17. The van der Waals surface area contributed by atoms with Crippen molar-refractivity contribution in [1.82, 2.24) is 4.57 Å². The van der Waals surface area contributed by atoms with Gasteiger partial charge in [-0.05, 0) is 112 Å². The fourth-order valence-corrected chi connectivity index (χ4v) is 8.79. The fourth-order valence-electron chi connectivity index (χ4n) is 8.79. The van der Waals surface area contributed by atoms with Gasteiger partial charge in [0.1, 0.15) is 0 Å². The van der Waals surface area contributed by atoms with E-state index in [1.807, 2.05) is 0 Å². The number of hydrogen-bond acceptors (Lipinski definition) is 1. The van der Waals surface area contributed by atoms with Gasteiger partial charge < -0.3 is 9.47 Å². The van der Waals surface area contributed by atoms with Crippen LogP contribution >= 0.6 is 0 Å². The number of para-hydroxylation sites is 2. The Morgan fingerprint density at radius 3 is 1.98 bits per heavy atom. The first-order valence-corrected chi connectivity index (χ1v) is 18.7. The van der Waals surface area contributed by atoms with Crippen LogP contribution in [-0.2, 0) is 5.41 Å². The maximum atomic E-state index is 2.42. The zero-order valence-corrected chi connectivity index (χ0v) is 30.1. The normalized spacial score (nSPS) is 15.5. The van der Waals surface area contributed by atoms with Crippen molar-refractivity contribution < 1.29 is 0 Å². The maximum absolute atomic E-state index is 2.42. The lowest BCUT2D eigenvalue weighted by Gasteiger charge is -2.28. The monoisotopic (exact) mass is 680 g/mol. The summed E-state index contributed by atoms with van der Waals surface area (Å²) >= 11 is 0. The Bertz CT molecular complexity index is 2710. The van der Waals surface area contributed by atoms with Gasteiger partial charge in [0.25, 0.3) is 0 Å². The highest BCUT2D eigenvalue weighted by molar-refractivity contribution is 6.10. The highest BCUT2D eigenvalue weighted by Crippen LogP contribution is 2.50. The summed E-state index contributed by atoms with van der Waals surface area (Å²) in [5.74, 6) is 0.417. The molecule has 7 aromatic carbocycles. The SMILES string of the molecule is CC1(C)c2ccccc2-c2ccc(N(c3ccc(-c4ccc5c(c4)c4ccccc4n5-c4ccccc4)cc3)c3ccc(C4C=CC=CC4)cc3)cc21. The van der Waals surface area contributed by atoms with E-state index in [9.17, 15) is 0 Å². The third-order valence-electron chi connectivity index (χ3n) is 11.5. The molecule has 1 atom stereocenters. The molecule has 0 amide bonds. The largest absolute Gasteiger partial charge is 0.310 e. The summed E-state index contributed by atoms with van der Waals surface area (Å²) in [6.07, 6.45) is 9.92. The van der Waals surface area contributed by atoms with E-state index in [2.05, 4.69) is 211 Å². The first-order chi connectivity index (χ1) is 26.0. The Labute approximate surface area is 311 Å². The van der Waals surface area contributed by atoms with Crippen LogP contribution in [-0.4, -0.2) is 4.57 Å². The number of rotatable bonds is 6. The average Bonchev–Trinajstić information content (AvgIpc) is 3.67. The molecule has 10 rings (SSSR count). The number of nitrogens with zero attached hydrogens (tertiary/aromatic N) is 2. The zero-order valence-electron chi connectivity index (χ0n) is 30.1. The minimum atomic E-state index is -0.0789. The van der Waals surface area contributed by atoms with Gasteiger partial charge in [-0.3, -0.25) is 0 Å². The van der Waals surface area contributed by atoms with Crippen LogP contribution in [0.2, 0.25) is 0 Å². The van der Waals surface area contributed by atoms with E-state index in [0.29, 0.717) is 5.92 Å². The zero-order chi connectivity index (χ0) is 35.5. The quantitative estimate of drug-likeness (QED) is 0.170. The molecule has 8 aromatic rings. The minimum Gasteiger partial charge on any atom is -0.310 e. The van der Waals surface area contributed by atoms with Crippen molar-refractivity contribution in [1.29, 1.82) is 0 Å². The van der Waals surface area contributed by atoms with E-state index in [0.717, 1.165) is 17.8 Å².